The quantitative estimate of drug-likeness (QED) is 0.682. The van der Waals surface area contributed by atoms with E-state index in [1.54, 1.807) is 12.1 Å². The third-order valence-electron chi connectivity index (χ3n) is 4.44. The third-order valence-corrected chi connectivity index (χ3v) is 5.83. The van der Waals surface area contributed by atoms with Gasteiger partial charge in [-0.05, 0) is 56.2 Å². The monoisotopic (exact) mass is 395 g/mol. The molecule has 0 saturated heterocycles. The first-order chi connectivity index (χ1) is 13.3. The van der Waals surface area contributed by atoms with Crippen LogP contribution in [0.15, 0.2) is 65.8 Å². The Hall–Kier alpha value is -3.19. The highest BCUT2D eigenvalue weighted by atomic mass is 32.2. The minimum Gasteiger partial charge on any atom is -0.322 e. The molecular formula is C21H21N3O3S. The van der Waals surface area contributed by atoms with Gasteiger partial charge in [0.25, 0.3) is 15.9 Å². The molecule has 144 valence electrons. The van der Waals surface area contributed by atoms with Gasteiger partial charge in [-0.3, -0.25) is 14.5 Å². The normalized spacial score (nSPS) is 11.1. The highest BCUT2D eigenvalue weighted by molar-refractivity contribution is 7.92. The molecule has 3 aromatic rings. The molecule has 0 spiro atoms. The molecule has 0 bridgehead atoms. The number of nitrogens with one attached hydrogen (secondary N) is 2. The average Bonchev–Trinajstić information content (AvgIpc) is 2.65. The maximum Gasteiger partial charge on any atom is 0.261 e. The van der Waals surface area contributed by atoms with Crippen LogP contribution >= 0.6 is 0 Å². The van der Waals surface area contributed by atoms with E-state index in [1.165, 1.54) is 30.6 Å². The Balaban J connectivity index is 1.81. The van der Waals surface area contributed by atoms with E-state index in [1.807, 2.05) is 39.0 Å². The molecule has 0 atom stereocenters. The maximum atomic E-state index is 12.6. The van der Waals surface area contributed by atoms with E-state index in [2.05, 4.69) is 15.0 Å². The number of anilines is 2. The van der Waals surface area contributed by atoms with Crippen molar-refractivity contribution >= 4 is 27.3 Å². The molecule has 2 N–H and O–H groups in total. The number of hydrogen-bond acceptors (Lipinski definition) is 4. The lowest BCUT2D eigenvalue weighted by Gasteiger charge is -2.12. The Bertz CT molecular complexity index is 1120. The van der Waals surface area contributed by atoms with Gasteiger partial charge in [0.15, 0.2) is 0 Å². The predicted octanol–water partition coefficient (Wildman–Crippen LogP) is 4.06. The van der Waals surface area contributed by atoms with Crippen LogP contribution < -0.4 is 10.0 Å². The second-order valence-corrected chi connectivity index (χ2v) is 8.26. The molecule has 0 radical (unpaired) electrons. The van der Waals surface area contributed by atoms with Crippen molar-refractivity contribution in [1.82, 2.24) is 4.98 Å². The molecular weight excluding hydrogens is 374 g/mol. The molecule has 1 amide bonds. The molecule has 6 nitrogen and oxygen atoms in total. The van der Waals surface area contributed by atoms with Crippen LogP contribution in [0.3, 0.4) is 0 Å². The highest BCUT2D eigenvalue weighted by Gasteiger charge is 2.16. The van der Waals surface area contributed by atoms with Crippen LogP contribution in [0.4, 0.5) is 11.4 Å². The largest absolute Gasteiger partial charge is 0.322 e. The fourth-order valence-electron chi connectivity index (χ4n) is 2.63. The van der Waals surface area contributed by atoms with E-state index in [0.29, 0.717) is 5.69 Å². The van der Waals surface area contributed by atoms with Crippen molar-refractivity contribution in [3.63, 3.8) is 0 Å². The zero-order valence-electron chi connectivity index (χ0n) is 15.9. The van der Waals surface area contributed by atoms with Crippen LogP contribution in [0.5, 0.6) is 0 Å². The number of aromatic nitrogens is 1. The molecule has 0 aliphatic carbocycles. The van der Waals surface area contributed by atoms with Gasteiger partial charge in [0.2, 0.25) is 0 Å². The van der Waals surface area contributed by atoms with E-state index < -0.39 is 10.0 Å². The summed E-state index contributed by atoms with van der Waals surface area (Å²) >= 11 is 0. The molecule has 1 heterocycles. The van der Waals surface area contributed by atoms with Gasteiger partial charge in [0, 0.05) is 11.9 Å². The van der Waals surface area contributed by atoms with Gasteiger partial charge < -0.3 is 5.32 Å². The lowest BCUT2D eigenvalue weighted by Crippen LogP contribution is -2.16. The van der Waals surface area contributed by atoms with E-state index >= 15 is 0 Å². The smallest absolute Gasteiger partial charge is 0.261 e. The number of benzene rings is 2. The van der Waals surface area contributed by atoms with Gasteiger partial charge in [0.1, 0.15) is 0 Å². The van der Waals surface area contributed by atoms with Gasteiger partial charge in [-0.15, -0.1) is 0 Å². The van der Waals surface area contributed by atoms with E-state index in [9.17, 15) is 13.2 Å². The fraction of sp³-hybridized carbons (Fsp3) is 0.143. The lowest BCUT2D eigenvalue weighted by atomic mass is 10.1. The number of carbonyl (C=O) groups excluding carboxylic acids is 1. The topological polar surface area (TPSA) is 88.2 Å². The molecule has 1 aromatic heterocycles. The first kappa shape index (κ1) is 19.6. The first-order valence-electron chi connectivity index (χ1n) is 8.68. The number of aryl methyl sites for hydroxylation is 2. The minimum absolute atomic E-state index is 0.142. The Morgan fingerprint density at radius 1 is 0.964 bits per heavy atom. The predicted molar refractivity (Wildman–Crippen MR) is 110 cm³/mol. The van der Waals surface area contributed by atoms with Crippen molar-refractivity contribution in [3.8, 4) is 0 Å². The van der Waals surface area contributed by atoms with Crippen LogP contribution in [0.1, 0.15) is 27.0 Å². The SMILES string of the molecule is Cc1ccc(S(=O)(=O)Nc2cncc(C(=O)Nc3cccc(C)c3C)c2)cc1. The number of amides is 1. The molecule has 0 aliphatic rings. The number of nitrogens with zero attached hydrogens (tertiary/aromatic N) is 1. The summed E-state index contributed by atoms with van der Waals surface area (Å²) in [6.07, 6.45) is 2.75. The number of hydrogen-bond donors (Lipinski definition) is 2. The second kappa shape index (κ2) is 7.82. The molecule has 2 aromatic carbocycles. The third kappa shape index (κ3) is 4.37. The van der Waals surface area contributed by atoms with E-state index in [4.69, 9.17) is 0 Å². The van der Waals surface area contributed by atoms with E-state index in [0.717, 1.165) is 16.7 Å². The van der Waals surface area contributed by atoms with Gasteiger partial charge >= 0.3 is 0 Å². The summed E-state index contributed by atoms with van der Waals surface area (Å²) in [6, 6.07) is 13.6. The summed E-state index contributed by atoms with van der Waals surface area (Å²) in [7, 11) is -3.77. The summed E-state index contributed by atoms with van der Waals surface area (Å²) in [4.78, 5) is 16.7. The molecule has 7 heteroatoms. The van der Waals surface area contributed by atoms with Crippen molar-refractivity contribution in [2.45, 2.75) is 25.7 Å². The van der Waals surface area contributed by atoms with Gasteiger partial charge in [-0.25, -0.2) is 8.42 Å². The van der Waals surface area contributed by atoms with Crippen LogP contribution in [-0.4, -0.2) is 19.3 Å². The molecule has 3 rings (SSSR count). The van der Waals surface area contributed by atoms with Gasteiger partial charge in [-0.1, -0.05) is 29.8 Å². The zero-order valence-corrected chi connectivity index (χ0v) is 16.7. The summed E-state index contributed by atoms with van der Waals surface area (Å²) in [6.45, 7) is 5.77. The van der Waals surface area contributed by atoms with Crippen LogP contribution in [0.25, 0.3) is 0 Å². The van der Waals surface area contributed by atoms with Crippen LogP contribution in [0, 0.1) is 20.8 Å². The highest BCUT2D eigenvalue weighted by Crippen LogP contribution is 2.20. The minimum atomic E-state index is -3.77. The van der Waals surface area contributed by atoms with E-state index in [-0.39, 0.29) is 22.1 Å². The fourth-order valence-corrected chi connectivity index (χ4v) is 3.67. The Morgan fingerprint density at radius 2 is 1.68 bits per heavy atom. The number of pyridine rings is 1. The Morgan fingerprint density at radius 3 is 2.39 bits per heavy atom. The van der Waals surface area contributed by atoms with Gasteiger partial charge in [-0.2, -0.15) is 0 Å². The van der Waals surface area contributed by atoms with Crippen LogP contribution in [-0.2, 0) is 10.0 Å². The van der Waals surface area contributed by atoms with Crippen molar-refractivity contribution in [2.24, 2.45) is 0 Å². The molecule has 0 fully saturated rings. The average molecular weight is 395 g/mol. The molecule has 0 saturated carbocycles. The van der Waals surface area contributed by atoms with Gasteiger partial charge in [0.05, 0.1) is 22.3 Å². The molecule has 28 heavy (non-hydrogen) atoms. The number of carbonyl (C=O) groups is 1. The zero-order chi connectivity index (χ0) is 20.3. The lowest BCUT2D eigenvalue weighted by molar-refractivity contribution is 0.102. The first-order valence-corrected chi connectivity index (χ1v) is 10.2. The summed E-state index contributed by atoms with van der Waals surface area (Å²) in [5, 5.41) is 2.84. The maximum absolute atomic E-state index is 12.6. The van der Waals surface area contributed by atoms with Crippen LogP contribution in [0.2, 0.25) is 0 Å². The summed E-state index contributed by atoms with van der Waals surface area (Å²) in [5.41, 5.74) is 4.18. The summed E-state index contributed by atoms with van der Waals surface area (Å²) < 4.78 is 27.5. The number of rotatable bonds is 5. The Labute approximate surface area is 164 Å². The Kier molecular flexibility index (Phi) is 5.46. The van der Waals surface area contributed by atoms with Crippen molar-refractivity contribution in [2.75, 3.05) is 10.0 Å². The summed E-state index contributed by atoms with van der Waals surface area (Å²) in [5.74, 6) is -0.363. The van der Waals surface area contributed by atoms with Crippen molar-refractivity contribution < 1.29 is 13.2 Å². The standard InChI is InChI=1S/C21H21N3O3S/c1-14-7-9-19(10-8-14)28(26,27)24-18-11-17(12-22-13-18)21(25)23-20-6-4-5-15(2)16(20)3/h4-13,24H,1-3H3,(H,23,25). The molecule has 0 aliphatic heterocycles. The van der Waals surface area contributed by atoms with Crippen molar-refractivity contribution in [1.29, 1.82) is 0 Å². The second-order valence-electron chi connectivity index (χ2n) is 6.58. The molecule has 0 unspecified atom stereocenters. The van der Waals surface area contributed by atoms with Crippen molar-refractivity contribution in [3.05, 3.63) is 83.2 Å². The number of sulfonamides is 1.